The maximum absolute atomic E-state index is 12.8. The molecule has 2 aromatic carbocycles. The molecule has 1 aliphatic rings. The Balaban J connectivity index is 0.000000758. The number of carbonyl (C=O) groups excluding carboxylic acids is 1. The Morgan fingerprint density at radius 2 is 1.73 bits per heavy atom. The highest BCUT2D eigenvalue weighted by molar-refractivity contribution is 5.97. The van der Waals surface area contributed by atoms with Gasteiger partial charge >= 0.3 is 5.97 Å². The summed E-state index contributed by atoms with van der Waals surface area (Å²) in [6, 6.07) is 13.9. The van der Waals surface area contributed by atoms with Crippen LogP contribution in [0, 0.1) is 17.1 Å². The van der Waals surface area contributed by atoms with Gasteiger partial charge in [-0.2, -0.15) is 5.26 Å². The van der Waals surface area contributed by atoms with E-state index in [1.165, 1.54) is 26.2 Å². The van der Waals surface area contributed by atoms with Gasteiger partial charge in [0.25, 0.3) is 0 Å². The fourth-order valence-electron chi connectivity index (χ4n) is 2.09. The molecular weight excluding hydrogens is 339 g/mol. The van der Waals surface area contributed by atoms with Crippen molar-refractivity contribution in [2.75, 3.05) is 13.7 Å². The van der Waals surface area contributed by atoms with E-state index in [1.54, 1.807) is 42.5 Å². The summed E-state index contributed by atoms with van der Waals surface area (Å²) in [6.07, 6.45) is 0. The van der Waals surface area contributed by atoms with Crippen molar-refractivity contribution in [3.05, 3.63) is 59.9 Å². The van der Waals surface area contributed by atoms with Crippen molar-refractivity contribution in [3.8, 4) is 17.6 Å². The SMILES string of the molecule is CC#N.COC(=O)C1COC(c2ccc(Oc3ccc(F)cc3)cc2)=N1. The lowest BCUT2D eigenvalue weighted by Crippen LogP contribution is -2.21. The number of hydrogen-bond acceptors (Lipinski definition) is 6. The van der Waals surface area contributed by atoms with E-state index in [2.05, 4.69) is 9.73 Å². The smallest absolute Gasteiger partial charge is 0.334 e. The predicted molar refractivity (Wildman–Crippen MR) is 92.5 cm³/mol. The summed E-state index contributed by atoms with van der Waals surface area (Å²) < 4.78 is 28.5. The summed E-state index contributed by atoms with van der Waals surface area (Å²) in [5.74, 6) is 0.803. The van der Waals surface area contributed by atoms with E-state index in [0.29, 0.717) is 17.4 Å². The second-order valence-electron chi connectivity index (χ2n) is 5.09. The molecule has 0 amide bonds. The lowest BCUT2D eigenvalue weighted by molar-refractivity contribution is -0.142. The van der Waals surface area contributed by atoms with Crippen molar-refractivity contribution >= 4 is 11.9 Å². The maximum atomic E-state index is 12.8. The highest BCUT2D eigenvalue weighted by Gasteiger charge is 2.27. The number of nitrogens with zero attached hydrogens (tertiary/aromatic N) is 2. The van der Waals surface area contributed by atoms with E-state index in [-0.39, 0.29) is 12.4 Å². The molecule has 1 aliphatic heterocycles. The van der Waals surface area contributed by atoms with Gasteiger partial charge in [-0.25, -0.2) is 14.2 Å². The van der Waals surface area contributed by atoms with Crippen LogP contribution >= 0.6 is 0 Å². The number of ether oxygens (including phenoxy) is 3. The van der Waals surface area contributed by atoms with Gasteiger partial charge in [0.05, 0.1) is 13.2 Å². The summed E-state index contributed by atoms with van der Waals surface area (Å²) >= 11 is 0. The van der Waals surface area contributed by atoms with Crippen molar-refractivity contribution in [2.24, 2.45) is 4.99 Å². The molecule has 2 aromatic rings. The van der Waals surface area contributed by atoms with E-state index in [1.807, 2.05) is 0 Å². The molecule has 0 bridgehead atoms. The second kappa shape index (κ2) is 9.18. The van der Waals surface area contributed by atoms with Crippen molar-refractivity contribution in [1.82, 2.24) is 0 Å². The van der Waals surface area contributed by atoms with Crippen molar-refractivity contribution < 1.29 is 23.4 Å². The Morgan fingerprint density at radius 3 is 2.27 bits per heavy atom. The lowest BCUT2D eigenvalue weighted by Gasteiger charge is -2.06. The zero-order valence-electron chi connectivity index (χ0n) is 14.3. The molecule has 0 saturated heterocycles. The molecule has 0 aromatic heterocycles. The normalized spacial score (nSPS) is 14.8. The second-order valence-corrected chi connectivity index (χ2v) is 5.09. The summed E-state index contributed by atoms with van der Waals surface area (Å²) in [7, 11) is 1.32. The summed E-state index contributed by atoms with van der Waals surface area (Å²) in [5.41, 5.74) is 0.739. The van der Waals surface area contributed by atoms with E-state index in [4.69, 9.17) is 14.7 Å². The number of hydrogen-bond donors (Lipinski definition) is 0. The van der Waals surface area contributed by atoms with Crippen molar-refractivity contribution in [3.63, 3.8) is 0 Å². The van der Waals surface area contributed by atoms with Gasteiger partial charge in [0, 0.05) is 12.5 Å². The maximum Gasteiger partial charge on any atom is 0.334 e. The molecule has 1 unspecified atom stereocenters. The van der Waals surface area contributed by atoms with Gasteiger partial charge in [-0.3, -0.25) is 0 Å². The van der Waals surface area contributed by atoms with Crippen LogP contribution in [0.5, 0.6) is 11.5 Å². The third-order valence-corrected chi connectivity index (χ3v) is 3.27. The molecule has 1 atom stereocenters. The van der Waals surface area contributed by atoms with Gasteiger partial charge in [0.15, 0.2) is 6.04 Å². The number of carbonyl (C=O) groups is 1. The van der Waals surface area contributed by atoms with Gasteiger partial charge in [0.1, 0.15) is 23.9 Å². The molecule has 1 heterocycles. The average molecular weight is 356 g/mol. The molecule has 0 aliphatic carbocycles. The number of nitriles is 1. The summed E-state index contributed by atoms with van der Waals surface area (Å²) in [4.78, 5) is 15.6. The molecule has 134 valence electrons. The van der Waals surface area contributed by atoms with Crippen LogP contribution in [0.2, 0.25) is 0 Å². The zero-order valence-corrected chi connectivity index (χ0v) is 14.3. The molecule has 7 heteroatoms. The van der Waals surface area contributed by atoms with Gasteiger partial charge < -0.3 is 14.2 Å². The number of aliphatic imine (C=N–C) groups is 1. The fraction of sp³-hybridized carbons (Fsp3) is 0.211. The van der Waals surface area contributed by atoms with Gasteiger partial charge in [-0.1, -0.05) is 0 Å². The van der Waals surface area contributed by atoms with Crippen molar-refractivity contribution in [1.29, 1.82) is 5.26 Å². The highest BCUT2D eigenvalue weighted by atomic mass is 19.1. The molecule has 0 spiro atoms. The van der Waals surface area contributed by atoms with Crippen LogP contribution in [0.15, 0.2) is 53.5 Å². The molecule has 0 fully saturated rings. The van der Waals surface area contributed by atoms with Crippen LogP contribution in [0.4, 0.5) is 4.39 Å². The van der Waals surface area contributed by atoms with E-state index in [0.717, 1.165) is 5.56 Å². The number of rotatable bonds is 4. The van der Waals surface area contributed by atoms with Gasteiger partial charge in [-0.15, -0.1) is 0 Å². The Hall–Kier alpha value is -3.40. The molecule has 0 N–H and O–H groups in total. The zero-order chi connectivity index (χ0) is 18.9. The first-order valence-corrected chi connectivity index (χ1v) is 7.70. The molecular formula is C19H17FN2O4. The minimum atomic E-state index is -0.620. The first-order chi connectivity index (χ1) is 12.6. The Bertz CT molecular complexity index is 811. The average Bonchev–Trinajstić information content (AvgIpc) is 3.14. The van der Waals surface area contributed by atoms with Crippen LogP contribution in [-0.4, -0.2) is 31.6 Å². The topological polar surface area (TPSA) is 80.9 Å². The quantitative estimate of drug-likeness (QED) is 0.784. The van der Waals surface area contributed by atoms with Gasteiger partial charge in [0.2, 0.25) is 5.90 Å². The number of benzene rings is 2. The minimum absolute atomic E-state index is 0.176. The van der Waals surface area contributed by atoms with Crippen LogP contribution in [0.3, 0.4) is 0 Å². The monoisotopic (exact) mass is 356 g/mol. The van der Waals surface area contributed by atoms with Crippen LogP contribution in [-0.2, 0) is 14.3 Å². The summed E-state index contributed by atoms with van der Waals surface area (Å²) in [5, 5.41) is 7.32. The number of halogens is 1. The number of methoxy groups -OCH3 is 1. The van der Waals surface area contributed by atoms with Crippen LogP contribution in [0.25, 0.3) is 0 Å². The summed E-state index contributed by atoms with van der Waals surface area (Å²) in [6.45, 7) is 1.61. The van der Waals surface area contributed by atoms with Crippen molar-refractivity contribution in [2.45, 2.75) is 13.0 Å². The van der Waals surface area contributed by atoms with Gasteiger partial charge in [-0.05, 0) is 48.5 Å². The third-order valence-electron chi connectivity index (χ3n) is 3.27. The van der Waals surface area contributed by atoms with Crippen LogP contribution < -0.4 is 4.74 Å². The highest BCUT2D eigenvalue weighted by Crippen LogP contribution is 2.23. The molecule has 6 nitrogen and oxygen atoms in total. The van der Waals surface area contributed by atoms with E-state index in [9.17, 15) is 9.18 Å². The fourth-order valence-corrected chi connectivity index (χ4v) is 2.09. The standard InChI is InChI=1S/C17H14FNO4.C2H3N/c1-21-17(20)15-10-22-16(19-15)11-2-6-13(7-3-11)23-14-8-4-12(18)5-9-14;1-2-3/h2-9,15H,10H2,1H3;1H3. The number of esters is 1. The first kappa shape index (κ1) is 18.9. The first-order valence-electron chi connectivity index (χ1n) is 7.70. The third kappa shape index (κ3) is 5.05. The molecule has 0 saturated carbocycles. The van der Waals surface area contributed by atoms with E-state index >= 15 is 0 Å². The lowest BCUT2D eigenvalue weighted by atomic mass is 10.2. The molecule has 0 radical (unpaired) electrons. The Kier molecular flexibility index (Phi) is 6.68. The Labute approximate surface area is 150 Å². The molecule has 26 heavy (non-hydrogen) atoms. The largest absolute Gasteiger partial charge is 0.475 e. The van der Waals surface area contributed by atoms with Crippen LogP contribution in [0.1, 0.15) is 12.5 Å². The Morgan fingerprint density at radius 1 is 1.19 bits per heavy atom. The molecule has 3 rings (SSSR count). The minimum Gasteiger partial charge on any atom is -0.475 e. The van der Waals surface area contributed by atoms with E-state index < -0.39 is 12.0 Å². The predicted octanol–water partition coefficient (Wildman–Crippen LogP) is 3.47.